The molecule has 0 radical (unpaired) electrons. The van der Waals surface area contributed by atoms with E-state index in [1.54, 1.807) is 6.33 Å². The summed E-state index contributed by atoms with van der Waals surface area (Å²) in [6, 6.07) is 0. The third kappa shape index (κ3) is 2.65. The number of hydrogen-bond acceptors (Lipinski definition) is 4. The van der Waals surface area contributed by atoms with Gasteiger partial charge in [-0.15, -0.1) is 10.2 Å². The number of ether oxygens (including phenoxy) is 1. The van der Waals surface area contributed by atoms with E-state index in [-0.39, 0.29) is 5.97 Å². The summed E-state index contributed by atoms with van der Waals surface area (Å²) < 4.78 is 7.31. The van der Waals surface area contributed by atoms with Gasteiger partial charge in [0.2, 0.25) is 0 Å². The molecular weight excluding hydrogens is 242 g/mol. The van der Waals surface area contributed by atoms with Crippen LogP contribution in [0.2, 0.25) is 0 Å². The molecule has 0 bridgehead atoms. The van der Waals surface area contributed by atoms with E-state index in [9.17, 15) is 4.79 Å². The van der Waals surface area contributed by atoms with Crippen LogP contribution < -0.4 is 0 Å². The number of nitrogens with zero attached hydrogens (tertiary/aromatic N) is 3. The molecule has 0 atom stereocenters. The van der Waals surface area contributed by atoms with E-state index >= 15 is 0 Å². The highest BCUT2D eigenvalue weighted by molar-refractivity contribution is 5.82. The smallest absolute Gasteiger partial charge is 0.319 e. The Labute approximate surface area is 114 Å². The molecule has 0 aromatic carbocycles. The standard InChI is InChI=1S/C14H23N3O2/c1-4-19-13(18)14(7-5-6-8-14)12-16-15-10-17(12)9-11(2)3/h10-11H,4-9H2,1-3H3. The van der Waals surface area contributed by atoms with Gasteiger partial charge in [-0.05, 0) is 25.7 Å². The Morgan fingerprint density at radius 3 is 2.74 bits per heavy atom. The lowest BCUT2D eigenvalue weighted by Crippen LogP contribution is -2.38. The van der Waals surface area contributed by atoms with Crippen molar-refractivity contribution in [2.45, 2.75) is 58.4 Å². The SMILES string of the molecule is CCOC(=O)C1(c2nncn2CC(C)C)CCCC1. The van der Waals surface area contributed by atoms with Gasteiger partial charge in [0, 0.05) is 6.54 Å². The first-order chi connectivity index (χ1) is 9.10. The van der Waals surface area contributed by atoms with Crippen molar-refractivity contribution in [3.63, 3.8) is 0 Å². The fourth-order valence-corrected chi connectivity index (χ4v) is 2.92. The second kappa shape index (κ2) is 5.72. The summed E-state index contributed by atoms with van der Waals surface area (Å²) in [5.74, 6) is 1.15. The van der Waals surface area contributed by atoms with Gasteiger partial charge in [-0.1, -0.05) is 26.7 Å². The van der Waals surface area contributed by atoms with E-state index in [2.05, 4.69) is 24.0 Å². The minimum atomic E-state index is -0.568. The van der Waals surface area contributed by atoms with Gasteiger partial charge in [0.15, 0.2) is 0 Å². The number of carbonyl (C=O) groups is 1. The van der Waals surface area contributed by atoms with E-state index in [0.717, 1.165) is 38.1 Å². The fraction of sp³-hybridized carbons (Fsp3) is 0.786. The van der Waals surface area contributed by atoms with Crippen molar-refractivity contribution in [3.8, 4) is 0 Å². The first-order valence-corrected chi connectivity index (χ1v) is 7.15. The Morgan fingerprint density at radius 2 is 2.16 bits per heavy atom. The number of carbonyl (C=O) groups excluding carboxylic acids is 1. The van der Waals surface area contributed by atoms with E-state index in [4.69, 9.17) is 4.74 Å². The molecule has 5 nitrogen and oxygen atoms in total. The highest BCUT2D eigenvalue weighted by atomic mass is 16.5. The van der Waals surface area contributed by atoms with Crippen molar-refractivity contribution < 1.29 is 9.53 Å². The molecule has 0 amide bonds. The van der Waals surface area contributed by atoms with Crippen LogP contribution in [0.25, 0.3) is 0 Å². The van der Waals surface area contributed by atoms with Crippen LogP contribution in [0.5, 0.6) is 0 Å². The second-order valence-corrected chi connectivity index (χ2v) is 5.71. The zero-order valence-corrected chi connectivity index (χ0v) is 12.1. The van der Waals surface area contributed by atoms with Gasteiger partial charge in [-0.2, -0.15) is 0 Å². The molecule has 19 heavy (non-hydrogen) atoms. The maximum absolute atomic E-state index is 12.4. The molecule has 0 N–H and O–H groups in total. The zero-order chi connectivity index (χ0) is 13.9. The Balaban J connectivity index is 2.34. The van der Waals surface area contributed by atoms with Crippen LogP contribution in [0.3, 0.4) is 0 Å². The molecule has 0 saturated heterocycles. The van der Waals surface area contributed by atoms with E-state index < -0.39 is 5.41 Å². The molecule has 0 unspecified atom stereocenters. The number of rotatable bonds is 5. The van der Waals surface area contributed by atoms with Crippen LogP contribution in [0, 0.1) is 5.92 Å². The largest absolute Gasteiger partial charge is 0.465 e. The molecule has 1 aliphatic rings. The van der Waals surface area contributed by atoms with Crippen LogP contribution in [-0.2, 0) is 21.5 Å². The van der Waals surface area contributed by atoms with Crippen LogP contribution in [0.1, 0.15) is 52.3 Å². The first-order valence-electron chi connectivity index (χ1n) is 7.15. The molecule has 1 aromatic rings. The molecule has 0 aliphatic heterocycles. The van der Waals surface area contributed by atoms with Crippen molar-refractivity contribution >= 4 is 5.97 Å². The second-order valence-electron chi connectivity index (χ2n) is 5.71. The third-order valence-corrected chi connectivity index (χ3v) is 3.73. The average molecular weight is 265 g/mol. The van der Waals surface area contributed by atoms with Crippen LogP contribution in [0.4, 0.5) is 0 Å². The predicted molar refractivity (Wildman–Crippen MR) is 71.6 cm³/mol. The van der Waals surface area contributed by atoms with Crippen molar-refractivity contribution in [2.24, 2.45) is 5.92 Å². The highest BCUT2D eigenvalue weighted by Crippen LogP contribution is 2.41. The molecule has 106 valence electrons. The van der Waals surface area contributed by atoms with E-state index in [1.165, 1.54) is 0 Å². The molecule has 2 rings (SSSR count). The molecular formula is C14H23N3O2. The lowest BCUT2D eigenvalue weighted by atomic mass is 9.85. The Bertz CT molecular complexity index is 434. The van der Waals surface area contributed by atoms with Crippen molar-refractivity contribution in [3.05, 3.63) is 12.2 Å². The lowest BCUT2D eigenvalue weighted by Gasteiger charge is -2.26. The monoisotopic (exact) mass is 265 g/mol. The normalized spacial score (nSPS) is 17.9. The minimum absolute atomic E-state index is 0.134. The average Bonchev–Trinajstić information content (AvgIpc) is 2.97. The summed E-state index contributed by atoms with van der Waals surface area (Å²) in [5, 5.41) is 8.25. The number of esters is 1. The molecule has 1 fully saturated rings. The zero-order valence-electron chi connectivity index (χ0n) is 12.1. The van der Waals surface area contributed by atoms with Gasteiger partial charge >= 0.3 is 5.97 Å². The summed E-state index contributed by atoms with van der Waals surface area (Å²) >= 11 is 0. The molecule has 5 heteroatoms. The summed E-state index contributed by atoms with van der Waals surface area (Å²) in [6.07, 6.45) is 5.47. The quantitative estimate of drug-likeness (QED) is 0.767. The lowest BCUT2D eigenvalue weighted by molar-refractivity contribution is -0.150. The maximum Gasteiger partial charge on any atom is 0.319 e. The molecule has 1 aliphatic carbocycles. The van der Waals surface area contributed by atoms with Crippen molar-refractivity contribution in [1.82, 2.24) is 14.8 Å². The first kappa shape index (κ1) is 14.0. The number of aromatic nitrogens is 3. The molecule has 1 heterocycles. The Hall–Kier alpha value is -1.39. The topological polar surface area (TPSA) is 57.0 Å². The van der Waals surface area contributed by atoms with E-state index in [1.807, 2.05) is 11.5 Å². The van der Waals surface area contributed by atoms with Crippen LogP contribution >= 0.6 is 0 Å². The fourth-order valence-electron chi connectivity index (χ4n) is 2.92. The summed E-state index contributed by atoms with van der Waals surface area (Å²) in [6.45, 7) is 7.40. The van der Waals surface area contributed by atoms with E-state index in [0.29, 0.717) is 12.5 Å². The minimum Gasteiger partial charge on any atom is -0.465 e. The van der Waals surface area contributed by atoms with Gasteiger partial charge in [0.05, 0.1) is 6.61 Å². The van der Waals surface area contributed by atoms with Gasteiger partial charge in [0.1, 0.15) is 17.6 Å². The summed E-state index contributed by atoms with van der Waals surface area (Å²) in [7, 11) is 0. The van der Waals surface area contributed by atoms with Crippen molar-refractivity contribution in [1.29, 1.82) is 0 Å². The maximum atomic E-state index is 12.4. The molecule has 1 aromatic heterocycles. The van der Waals surface area contributed by atoms with Crippen molar-refractivity contribution in [2.75, 3.05) is 6.61 Å². The van der Waals surface area contributed by atoms with Gasteiger partial charge in [0.25, 0.3) is 0 Å². The summed E-state index contributed by atoms with van der Waals surface area (Å²) in [4.78, 5) is 12.4. The van der Waals surface area contributed by atoms with Gasteiger partial charge in [-0.25, -0.2) is 0 Å². The predicted octanol–water partition coefficient (Wildman–Crippen LogP) is 2.31. The van der Waals surface area contributed by atoms with Gasteiger partial charge < -0.3 is 9.30 Å². The number of hydrogen-bond donors (Lipinski definition) is 0. The molecule has 1 saturated carbocycles. The van der Waals surface area contributed by atoms with Crippen LogP contribution in [0.15, 0.2) is 6.33 Å². The molecule has 0 spiro atoms. The van der Waals surface area contributed by atoms with Gasteiger partial charge in [-0.3, -0.25) is 4.79 Å². The van der Waals surface area contributed by atoms with Crippen LogP contribution in [-0.4, -0.2) is 27.3 Å². The Kier molecular flexibility index (Phi) is 4.22. The Morgan fingerprint density at radius 1 is 1.47 bits per heavy atom. The summed E-state index contributed by atoms with van der Waals surface area (Å²) in [5.41, 5.74) is -0.568. The highest BCUT2D eigenvalue weighted by Gasteiger charge is 2.47. The third-order valence-electron chi connectivity index (χ3n) is 3.73.